The fourth-order valence-corrected chi connectivity index (χ4v) is 5.14. The van der Waals surface area contributed by atoms with Crippen molar-refractivity contribution in [2.24, 2.45) is 11.7 Å². The smallest absolute Gasteiger partial charge is 0.220 e. The molecular formula is C22H33N6O3+. The maximum absolute atomic E-state index is 11.7. The van der Waals surface area contributed by atoms with Gasteiger partial charge in [0.2, 0.25) is 11.7 Å². The summed E-state index contributed by atoms with van der Waals surface area (Å²) >= 11 is 0. The third-order valence-corrected chi connectivity index (χ3v) is 6.88. The first-order valence-corrected chi connectivity index (χ1v) is 11.3. The Labute approximate surface area is 182 Å². The summed E-state index contributed by atoms with van der Waals surface area (Å²) in [5, 5.41) is 13.0. The van der Waals surface area contributed by atoms with Gasteiger partial charge >= 0.3 is 0 Å². The van der Waals surface area contributed by atoms with Crippen LogP contribution in [-0.2, 0) is 4.79 Å². The normalized spacial score (nSPS) is 23.3. The maximum Gasteiger partial charge on any atom is 0.220 e. The SMILES string of the molecule is COc1ccc(OC)c([C@H](c2nnnn2C2CCCCC2)[NH+]2CCC(C(N)=O)CC2)c1. The summed E-state index contributed by atoms with van der Waals surface area (Å²) in [7, 11) is 3.35. The summed E-state index contributed by atoms with van der Waals surface area (Å²) in [5.74, 6) is 2.14. The van der Waals surface area contributed by atoms with Gasteiger partial charge in [0.1, 0.15) is 11.5 Å². The molecule has 1 aliphatic carbocycles. The third-order valence-electron chi connectivity index (χ3n) is 6.88. The van der Waals surface area contributed by atoms with E-state index >= 15 is 0 Å². The van der Waals surface area contributed by atoms with E-state index in [9.17, 15) is 4.79 Å². The van der Waals surface area contributed by atoms with Gasteiger partial charge in [-0.25, -0.2) is 4.68 Å². The highest BCUT2D eigenvalue weighted by atomic mass is 16.5. The Hall–Kier alpha value is -2.68. The van der Waals surface area contributed by atoms with Crippen molar-refractivity contribution in [1.82, 2.24) is 20.2 Å². The summed E-state index contributed by atoms with van der Waals surface area (Å²) in [4.78, 5) is 13.0. The van der Waals surface area contributed by atoms with Crippen molar-refractivity contribution in [3.05, 3.63) is 29.6 Å². The van der Waals surface area contributed by atoms with E-state index in [1.807, 2.05) is 22.9 Å². The second-order valence-corrected chi connectivity index (χ2v) is 8.65. The van der Waals surface area contributed by atoms with Crippen LogP contribution in [0.3, 0.4) is 0 Å². The number of tetrazole rings is 1. The van der Waals surface area contributed by atoms with Gasteiger partial charge < -0.3 is 20.1 Å². The predicted molar refractivity (Wildman–Crippen MR) is 114 cm³/mol. The van der Waals surface area contributed by atoms with Gasteiger partial charge in [-0.15, -0.1) is 5.10 Å². The largest absolute Gasteiger partial charge is 0.497 e. The van der Waals surface area contributed by atoms with E-state index in [0.717, 1.165) is 61.7 Å². The highest BCUT2D eigenvalue weighted by Crippen LogP contribution is 2.34. The monoisotopic (exact) mass is 429 g/mol. The number of hydrogen-bond acceptors (Lipinski definition) is 6. The summed E-state index contributed by atoms with van der Waals surface area (Å²) in [6.45, 7) is 1.63. The number of amides is 1. The van der Waals surface area contributed by atoms with Crippen LogP contribution >= 0.6 is 0 Å². The van der Waals surface area contributed by atoms with Gasteiger partial charge in [-0.2, -0.15) is 0 Å². The van der Waals surface area contributed by atoms with Crippen LogP contribution in [0.4, 0.5) is 0 Å². The number of nitrogens with zero attached hydrogens (tertiary/aromatic N) is 4. The van der Waals surface area contributed by atoms with Gasteiger partial charge in [0.25, 0.3) is 0 Å². The number of piperidine rings is 1. The Kier molecular flexibility index (Phi) is 6.70. The lowest BCUT2D eigenvalue weighted by Crippen LogP contribution is -3.13. The van der Waals surface area contributed by atoms with Crippen LogP contribution < -0.4 is 20.1 Å². The molecule has 31 heavy (non-hydrogen) atoms. The zero-order valence-electron chi connectivity index (χ0n) is 18.4. The van der Waals surface area contributed by atoms with Gasteiger partial charge in [0, 0.05) is 18.8 Å². The van der Waals surface area contributed by atoms with Crippen LogP contribution in [0.2, 0.25) is 0 Å². The van der Waals surface area contributed by atoms with Crippen LogP contribution in [0.5, 0.6) is 11.5 Å². The minimum Gasteiger partial charge on any atom is -0.497 e. The van der Waals surface area contributed by atoms with Gasteiger partial charge in [-0.05, 0) is 41.5 Å². The number of carbonyl (C=O) groups excluding carboxylic acids is 1. The number of aromatic nitrogens is 4. The van der Waals surface area contributed by atoms with Crippen molar-refractivity contribution in [2.45, 2.75) is 57.0 Å². The Balaban J connectivity index is 1.75. The third kappa shape index (κ3) is 4.51. The van der Waals surface area contributed by atoms with Crippen molar-refractivity contribution in [2.75, 3.05) is 27.3 Å². The molecule has 1 aliphatic heterocycles. The number of methoxy groups -OCH3 is 2. The molecule has 2 aliphatic rings. The molecule has 0 bridgehead atoms. The molecule has 9 heteroatoms. The first-order valence-electron chi connectivity index (χ1n) is 11.3. The first-order chi connectivity index (χ1) is 15.1. The van der Waals surface area contributed by atoms with Crippen molar-refractivity contribution in [3.8, 4) is 11.5 Å². The number of rotatable bonds is 7. The van der Waals surface area contributed by atoms with Crippen molar-refractivity contribution < 1.29 is 19.2 Å². The molecule has 1 aromatic carbocycles. The molecule has 168 valence electrons. The Morgan fingerprint density at radius 1 is 1.13 bits per heavy atom. The molecule has 1 saturated heterocycles. The lowest BCUT2D eigenvalue weighted by Gasteiger charge is -2.34. The van der Waals surface area contributed by atoms with Gasteiger partial charge in [0.05, 0.1) is 38.9 Å². The summed E-state index contributed by atoms with van der Waals surface area (Å²) in [6, 6.07) is 6.07. The molecule has 0 spiro atoms. The molecule has 1 atom stereocenters. The standard InChI is InChI=1S/C22H32N6O3/c1-30-17-8-9-19(31-2)18(14-17)20(27-12-10-15(11-13-27)21(23)29)22-24-25-26-28(22)16-6-4-3-5-7-16/h8-9,14-16,20H,3-7,10-13H2,1-2H3,(H2,23,29)/p+1/t20-/m1/s1. The van der Waals surface area contributed by atoms with E-state index in [1.165, 1.54) is 24.2 Å². The number of nitrogens with two attached hydrogens (primary N) is 1. The minimum atomic E-state index is -0.207. The molecule has 2 heterocycles. The van der Waals surface area contributed by atoms with Gasteiger partial charge in [-0.3, -0.25) is 4.79 Å². The average molecular weight is 430 g/mol. The fourth-order valence-electron chi connectivity index (χ4n) is 5.14. The number of carbonyl (C=O) groups is 1. The Morgan fingerprint density at radius 3 is 2.52 bits per heavy atom. The fraction of sp³-hybridized carbons (Fsp3) is 0.636. The number of primary amides is 1. The Morgan fingerprint density at radius 2 is 1.87 bits per heavy atom. The van der Waals surface area contributed by atoms with Crippen molar-refractivity contribution in [1.29, 1.82) is 0 Å². The van der Waals surface area contributed by atoms with Crippen LogP contribution in [-0.4, -0.2) is 53.4 Å². The molecule has 1 saturated carbocycles. The van der Waals surface area contributed by atoms with Crippen LogP contribution in [0.15, 0.2) is 18.2 Å². The van der Waals surface area contributed by atoms with E-state index in [1.54, 1.807) is 14.2 Å². The molecule has 4 rings (SSSR count). The van der Waals surface area contributed by atoms with Gasteiger partial charge in [0.15, 0.2) is 6.04 Å². The van der Waals surface area contributed by atoms with Crippen molar-refractivity contribution in [3.63, 3.8) is 0 Å². The van der Waals surface area contributed by atoms with E-state index < -0.39 is 0 Å². The van der Waals surface area contributed by atoms with E-state index in [2.05, 4.69) is 15.5 Å². The summed E-state index contributed by atoms with van der Waals surface area (Å²) in [6.07, 6.45) is 7.39. The zero-order valence-corrected chi connectivity index (χ0v) is 18.4. The number of hydrogen-bond donors (Lipinski definition) is 2. The number of ether oxygens (including phenoxy) is 2. The number of likely N-dealkylation sites (tertiary alicyclic amines) is 1. The van der Waals surface area contributed by atoms with Gasteiger partial charge in [-0.1, -0.05) is 19.3 Å². The van der Waals surface area contributed by atoms with E-state index in [-0.39, 0.29) is 17.9 Å². The molecule has 2 aromatic rings. The molecule has 1 amide bonds. The van der Waals surface area contributed by atoms with Crippen LogP contribution in [0.25, 0.3) is 0 Å². The second-order valence-electron chi connectivity index (χ2n) is 8.65. The van der Waals surface area contributed by atoms with E-state index in [0.29, 0.717) is 6.04 Å². The highest BCUT2D eigenvalue weighted by molar-refractivity contribution is 5.76. The molecule has 0 radical (unpaired) electrons. The van der Waals surface area contributed by atoms with Crippen LogP contribution in [0.1, 0.15) is 68.4 Å². The highest BCUT2D eigenvalue weighted by Gasteiger charge is 2.39. The first kappa shape index (κ1) is 21.5. The molecule has 9 nitrogen and oxygen atoms in total. The second kappa shape index (κ2) is 9.64. The number of nitrogens with one attached hydrogen (secondary N) is 1. The average Bonchev–Trinajstić information content (AvgIpc) is 3.29. The zero-order chi connectivity index (χ0) is 21.8. The molecular weight excluding hydrogens is 396 g/mol. The van der Waals surface area contributed by atoms with Crippen molar-refractivity contribution >= 4 is 5.91 Å². The maximum atomic E-state index is 11.7. The topological polar surface area (TPSA) is 110 Å². The summed E-state index contributed by atoms with van der Waals surface area (Å²) < 4.78 is 13.3. The number of quaternary nitrogens is 1. The minimum absolute atomic E-state index is 0.0639. The lowest BCUT2D eigenvalue weighted by atomic mass is 9.92. The quantitative estimate of drug-likeness (QED) is 0.681. The Bertz CT molecular complexity index is 887. The lowest BCUT2D eigenvalue weighted by molar-refractivity contribution is -0.931. The number of benzene rings is 1. The summed E-state index contributed by atoms with van der Waals surface area (Å²) in [5.41, 5.74) is 6.58. The molecule has 2 fully saturated rings. The molecule has 0 unspecified atom stereocenters. The van der Waals surface area contributed by atoms with Crippen LogP contribution in [0, 0.1) is 5.92 Å². The predicted octanol–water partition coefficient (Wildman–Crippen LogP) is 1.07. The van der Waals surface area contributed by atoms with E-state index in [4.69, 9.17) is 15.2 Å². The molecule has 1 aromatic heterocycles. The molecule has 3 N–H and O–H groups in total.